The minimum Gasteiger partial charge on any atom is -0.339 e. The summed E-state index contributed by atoms with van der Waals surface area (Å²) < 4.78 is 0. The predicted molar refractivity (Wildman–Crippen MR) is 79.7 cm³/mol. The van der Waals surface area contributed by atoms with E-state index in [0.717, 1.165) is 25.1 Å². The van der Waals surface area contributed by atoms with Crippen LogP contribution in [0.4, 0.5) is 0 Å². The van der Waals surface area contributed by atoms with Gasteiger partial charge in [0.05, 0.1) is 0 Å². The van der Waals surface area contributed by atoms with Gasteiger partial charge >= 0.3 is 0 Å². The van der Waals surface area contributed by atoms with E-state index in [4.69, 9.17) is 11.6 Å². The molecule has 4 heteroatoms. The Hall–Kier alpha value is -1.09. The highest BCUT2D eigenvalue weighted by atomic mass is 35.5. The number of pyridine rings is 1. The van der Waals surface area contributed by atoms with Gasteiger partial charge in [-0.25, -0.2) is 4.98 Å². The zero-order chi connectivity index (χ0) is 14.4. The SMILES string of the molecule is CCc1cc(C(=O)N(CC)CC(C)CC)cc(Cl)n1. The number of rotatable bonds is 6. The highest BCUT2D eigenvalue weighted by molar-refractivity contribution is 6.29. The lowest BCUT2D eigenvalue weighted by atomic mass is 10.1. The summed E-state index contributed by atoms with van der Waals surface area (Å²) in [6, 6.07) is 3.50. The van der Waals surface area contributed by atoms with Gasteiger partial charge in [0.2, 0.25) is 0 Å². The quantitative estimate of drug-likeness (QED) is 0.744. The molecule has 0 N–H and O–H groups in total. The Morgan fingerprint density at radius 2 is 2.05 bits per heavy atom. The number of nitrogens with zero attached hydrogens (tertiary/aromatic N) is 2. The molecule has 1 unspecified atom stereocenters. The molecule has 0 aromatic carbocycles. The molecule has 0 aliphatic heterocycles. The lowest BCUT2D eigenvalue weighted by molar-refractivity contribution is 0.0740. The van der Waals surface area contributed by atoms with Crippen LogP contribution in [0.1, 0.15) is 50.2 Å². The summed E-state index contributed by atoms with van der Waals surface area (Å²) in [4.78, 5) is 18.6. The van der Waals surface area contributed by atoms with Gasteiger partial charge < -0.3 is 4.90 Å². The molecule has 0 saturated carbocycles. The van der Waals surface area contributed by atoms with Crippen LogP contribution in [-0.2, 0) is 6.42 Å². The van der Waals surface area contributed by atoms with E-state index in [0.29, 0.717) is 23.2 Å². The standard InChI is InChI=1S/C15H23ClN2O/c1-5-11(4)10-18(7-3)15(19)12-8-13(6-2)17-14(16)9-12/h8-9,11H,5-7,10H2,1-4H3. The van der Waals surface area contributed by atoms with E-state index in [2.05, 4.69) is 18.8 Å². The van der Waals surface area contributed by atoms with Gasteiger partial charge in [-0.15, -0.1) is 0 Å². The molecule has 0 radical (unpaired) electrons. The number of aromatic nitrogens is 1. The summed E-state index contributed by atoms with van der Waals surface area (Å²) in [5, 5.41) is 0.391. The van der Waals surface area contributed by atoms with Crippen LogP contribution in [0.25, 0.3) is 0 Å². The second-order valence-corrected chi connectivity index (χ2v) is 5.27. The minimum absolute atomic E-state index is 0.0433. The molecule has 1 aromatic rings. The first-order chi connectivity index (χ1) is 9.01. The highest BCUT2D eigenvalue weighted by Crippen LogP contribution is 2.15. The summed E-state index contributed by atoms with van der Waals surface area (Å²) in [5.41, 5.74) is 1.50. The molecule has 0 bridgehead atoms. The molecule has 0 fully saturated rings. The molecular weight excluding hydrogens is 260 g/mol. The maximum absolute atomic E-state index is 12.5. The molecule has 1 aromatic heterocycles. The normalized spacial score (nSPS) is 12.3. The molecule has 0 spiro atoms. The Morgan fingerprint density at radius 1 is 1.37 bits per heavy atom. The molecular formula is C15H23ClN2O. The molecule has 1 rings (SSSR count). The Labute approximate surface area is 121 Å². The van der Waals surface area contributed by atoms with E-state index in [1.54, 1.807) is 6.07 Å². The molecule has 3 nitrogen and oxygen atoms in total. The molecule has 0 saturated heterocycles. The van der Waals surface area contributed by atoms with Crippen LogP contribution in [0.5, 0.6) is 0 Å². The lowest BCUT2D eigenvalue weighted by Crippen LogP contribution is -2.34. The van der Waals surface area contributed by atoms with E-state index in [-0.39, 0.29) is 5.91 Å². The van der Waals surface area contributed by atoms with Crippen molar-refractivity contribution in [1.29, 1.82) is 0 Å². The van der Waals surface area contributed by atoms with Crippen LogP contribution in [0.2, 0.25) is 5.15 Å². The first kappa shape index (κ1) is 16.0. The van der Waals surface area contributed by atoms with Crippen molar-refractivity contribution < 1.29 is 4.79 Å². The van der Waals surface area contributed by atoms with Gasteiger partial charge in [0.25, 0.3) is 5.91 Å². The summed E-state index contributed by atoms with van der Waals surface area (Å²) in [6.07, 6.45) is 1.85. The third kappa shape index (κ3) is 4.50. The third-order valence-corrected chi connectivity index (χ3v) is 3.55. The van der Waals surface area contributed by atoms with Crippen LogP contribution in [0.3, 0.4) is 0 Å². The zero-order valence-electron chi connectivity index (χ0n) is 12.2. The van der Waals surface area contributed by atoms with Crippen molar-refractivity contribution in [1.82, 2.24) is 9.88 Å². The van der Waals surface area contributed by atoms with Gasteiger partial charge in [0, 0.05) is 24.3 Å². The van der Waals surface area contributed by atoms with Crippen molar-refractivity contribution in [3.8, 4) is 0 Å². The number of carbonyl (C=O) groups is 1. The number of amides is 1. The fourth-order valence-electron chi connectivity index (χ4n) is 1.90. The summed E-state index contributed by atoms with van der Waals surface area (Å²) in [5.74, 6) is 0.550. The largest absolute Gasteiger partial charge is 0.339 e. The second kappa shape index (κ2) is 7.49. The van der Waals surface area contributed by atoms with Crippen molar-refractivity contribution >= 4 is 17.5 Å². The van der Waals surface area contributed by atoms with E-state index in [1.807, 2.05) is 24.8 Å². The van der Waals surface area contributed by atoms with E-state index in [1.165, 1.54) is 0 Å². The Bertz CT molecular complexity index is 434. The summed E-state index contributed by atoms with van der Waals surface area (Å²) in [7, 11) is 0. The van der Waals surface area contributed by atoms with Crippen LogP contribution in [-0.4, -0.2) is 28.9 Å². The van der Waals surface area contributed by atoms with E-state index >= 15 is 0 Å². The number of carbonyl (C=O) groups excluding carboxylic acids is 1. The summed E-state index contributed by atoms with van der Waals surface area (Å²) in [6.45, 7) is 9.81. The molecule has 0 aliphatic carbocycles. The predicted octanol–water partition coefficient (Wildman–Crippen LogP) is 3.81. The second-order valence-electron chi connectivity index (χ2n) is 4.88. The van der Waals surface area contributed by atoms with E-state index in [9.17, 15) is 4.79 Å². The molecule has 1 heterocycles. The van der Waals surface area contributed by atoms with Gasteiger partial charge in [-0.1, -0.05) is 38.8 Å². The average Bonchev–Trinajstić information content (AvgIpc) is 2.42. The Morgan fingerprint density at radius 3 is 2.58 bits per heavy atom. The topological polar surface area (TPSA) is 33.2 Å². The fraction of sp³-hybridized carbons (Fsp3) is 0.600. The van der Waals surface area contributed by atoms with Crippen molar-refractivity contribution in [2.75, 3.05) is 13.1 Å². The van der Waals surface area contributed by atoms with Gasteiger partial charge in [-0.3, -0.25) is 4.79 Å². The molecule has 0 aliphatic rings. The third-order valence-electron chi connectivity index (χ3n) is 3.35. The average molecular weight is 283 g/mol. The number of hydrogen-bond acceptors (Lipinski definition) is 2. The number of hydrogen-bond donors (Lipinski definition) is 0. The minimum atomic E-state index is 0.0433. The van der Waals surface area contributed by atoms with Gasteiger partial charge in [0.1, 0.15) is 5.15 Å². The van der Waals surface area contributed by atoms with Crippen molar-refractivity contribution in [3.63, 3.8) is 0 Å². The van der Waals surface area contributed by atoms with Crippen LogP contribution < -0.4 is 0 Å². The van der Waals surface area contributed by atoms with Crippen molar-refractivity contribution in [2.45, 2.75) is 40.5 Å². The smallest absolute Gasteiger partial charge is 0.254 e. The number of halogens is 1. The monoisotopic (exact) mass is 282 g/mol. The van der Waals surface area contributed by atoms with E-state index < -0.39 is 0 Å². The van der Waals surface area contributed by atoms with Crippen LogP contribution in [0.15, 0.2) is 12.1 Å². The Kier molecular flexibility index (Phi) is 6.29. The van der Waals surface area contributed by atoms with Gasteiger partial charge in [0.15, 0.2) is 0 Å². The van der Waals surface area contributed by atoms with Crippen LogP contribution >= 0.6 is 11.6 Å². The zero-order valence-corrected chi connectivity index (χ0v) is 13.0. The first-order valence-corrected chi connectivity index (χ1v) is 7.35. The number of aryl methyl sites for hydroxylation is 1. The molecule has 1 amide bonds. The van der Waals surface area contributed by atoms with Crippen molar-refractivity contribution in [3.05, 3.63) is 28.5 Å². The first-order valence-electron chi connectivity index (χ1n) is 6.97. The molecule has 19 heavy (non-hydrogen) atoms. The van der Waals surface area contributed by atoms with Gasteiger partial charge in [-0.2, -0.15) is 0 Å². The van der Waals surface area contributed by atoms with Crippen LogP contribution in [0, 0.1) is 5.92 Å². The maximum atomic E-state index is 12.5. The fourth-order valence-corrected chi connectivity index (χ4v) is 2.13. The van der Waals surface area contributed by atoms with Gasteiger partial charge in [-0.05, 0) is 31.4 Å². The van der Waals surface area contributed by atoms with Crippen molar-refractivity contribution in [2.24, 2.45) is 5.92 Å². The highest BCUT2D eigenvalue weighted by Gasteiger charge is 2.17. The lowest BCUT2D eigenvalue weighted by Gasteiger charge is -2.24. The molecule has 1 atom stereocenters. The maximum Gasteiger partial charge on any atom is 0.254 e. The Balaban J connectivity index is 2.93. The molecule has 106 valence electrons. The summed E-state index contributed by atoms with van der Waals surface area (Å²) >= 11 is 5.97.